The number of pyridine rings is 1. The van der Waals surface area contributed by atoms with Crippen molar-refractivity contribution in [2.75, 3.05) is 20.2 Å². The molecule has 2 aromatic heterocycles. The molecule has 0 fully saturated rings. The molecule has 0 atom stereocenters. The monoisotopic (exact) mass is 535 g/mol. The van der Waals surface area contributed by atoms with Gasteiger partial charge in [-0.15, -0.1) is 34.2 Å². The Hall–Kier alpha value is -2.69. The van der Waals surface area contributed by atoms with Crippen LogP contribution < -0.4 is 15.4 Å². The van der Waals surface area contributed by atoms with Gasteiger partial charge in [0.25, 0.3) is 0 Å². The number of ether oxygens (including phenoxy) is 1. The van der Waals surface area contributed by atoms with Crippen molar-refractivity contribution in [2.24, 2.45) is 4.99 Å². The lowest BCUT2D eigenvalue weighted by atomic mass is 10.1. The Morgan fingerprint density at radius 3 is 2.61 bits per heavy atom. The molecule has 3 rings (SSSR count). The van der Waals surface area contributed by atoms with Gasteiger partial charge in [-0.2, -0.15) is 0 Å². The van der Waals surface area contributed by atoms with Gasteiger partial charge >= 0.3 is 0 Å². The Labute approximate surface area is 200 Å². The van der Waals surface area contributed by atoms with E-state index in [1.165, 1.54) is 5.56 Å². The predicted molar refractivity (Wildman–Crippen MR) is 133 cm³/mol. The smallest absolute Gasteiger partial charge is 0.191 e. The fourth-order valence-electron chi connectivity index (χ4n) is 2.98. The van der Waals surface area contributed by atoms with Gasteiger partial charge in [0.1, 0.15) is 17.9 Å². The molecule has 0 saturated heterocycles. The van der Waals surface area contributed by atoms with Crippen molar-refractivity contribution >= 4 is 29.9 Å². The van der Waals surface area contributed by atoms with Gasteiger partial charge in [0, 0.05) is 32.3 Å². The highest BCUT2D eigenvalue weighted by atomic mass is 127. The van der Waals surface area contributed by atoms with E-state index in [2.05, 4.69) is 54.4 Å². The number of aliphatic imine (C=N–C) groups is 1. The number of nitrogens with one attached hydrogen (secondary N) is 2. The van der Waals surface area contributed by atoms with E-state index in [1.807, 2.05) is 30.3 Å². The number of nitrogens with zero attached hydrogens (tertiary/aromatic N) is 5. The van der Waals surface area contributed by atoms with Gasteiger partial charge in [-0.05, 0) is 36.2 Å². The molecular formula is C22H30IN7O. The number of rotatable bonds is 10. The summed E-state index contributed by atoms with van der Waals surface area (Å²) in [5.74, 6) is 2.61. The molecule has 0 spiro atoms. The second-order valence-corrected chi connectivity index (χ2v) is 6.73. The van der Waals surface area contributed by atoms with Crippen LogP contribution in [0.2, 0.25) is 0 Å². The van der Waals surface area contributed by atoms with Crippen LogP contribution in [0.3, 0.4) is 0 Å². The fourth-order valence-corrected chi connectivity index (χ4v) is 2.98. The van der Waals surface area contributed by atoms with E-state index in [9.17, 15) is 0 Å². The Bertz CT molecular complexity index is 913. The van der Waals surface area contributed by atoms with Crippen LogP contribution in [0.25, 0.3) is 0 Å². The molecule has 0 unspecified atom stereocenters. The molecule has 2 heterocycles. The normalized spacial score (nSPS) is 11.0. The number of halogens is 1. The van der Waals surface area contributed by atoms with Gasteiger partial charge in [0.2, 0.25) is 0 Å². The lowest BCUT2D eigenvalue weighted by Crippen LogP contribution is -2.40. The van der Waals surface area contributed by atoms with Gasteiger partial charge < -0.3 is 19.9 Å². The minimum Gasteiger partial charge on any atom is -0.497 e. The summed E-state index contributed by atoms with van der Waals surface area (Å²) in [5.41, 5.74) is 2.17. The average molecular weight is 535 g/mol. The standard InChI is InChI=1S/C22H29N7O.HI/c1-3-21-28-27-17-29(21)15-14-25-22(26-16-19-6-4-5-12-23-19)24-13-11-18-7-9-20(30-2)10-8-18;/h4-10,12,17H,3,11,13-16H2,1-2H3,(H2,24,25,26);1H. The highest BCUT2D eigenvalue weighted by Gasteiger charge is 2.04. The Balaban J connectivity index is 0.00000341. The highest BCUT2D eigenvalue weighted by Crippen LogP contribution is 2.11. The molecule has 0 aliphatic heterocycles. The van der Waals surface area contributed by atoms with E-state index in [0.717, 1.165) is 55.7 Å². The van der Waals surface area contributed by atoms with Crippen LogP contribution in [0, 0.1) is 0 Å². The number of guanidine groups is 1. The summed E-state index contributed by atoms with van der Waals surface area (Å²) in [6.07, 6.45) is 5.30. The van der Waals surface area contributed by atoms with Crippen LogP contribution in [0.5, 0.6) is 5.75 Å². The number of hydrogen-bond acceptors (Lipinski definition) is 5. The van der Waals surface area contributed by atoms with Crippen molar-refractivity contribution in [3.63, 3.8) is 0 Å². The maximum absolute atomic E-state index is 5.22. The first-order valence-corrected chi connectivity index (χ1v) is 10.2. The quantitative estimate of drug-likeness (QED) is 0.236. The third-order valence-electron chi connectivity index (χ3n) is 4.65. The molecule has 0 bridgehead atoms. The fraction of sp³-hybridized carbons (Fsp3) is 0.364. The molecule has 8 nitrogen and oxygen atoms in total. The highest BCUT2D eigenvalue weighted by molar-refractivity contribution is 14.0. The molecule has 2 N–H and O–H groups in total. The van der Waals surface area contributed by atoms with Gasteiger partial charge in [-0.25, -0.2) is 4.99 Å². The zero-order valence-corrected chi connectivity index (χ0v) is 20.3. The van der Waals surface area contributed by atoms with Crippen LogP contribution in [0.4, 0.5) is 0 Å². The molecular weight excluding hydrogens is 505 g/mol. The van der Waals surface area contributed by atoms with Gasteiger partial charge in [0.05, 0.1) is 19.3 Å². The minimum absolute atomic E-state index is 0. The van der Waals surface area contributed by atoms with E-state index in [4.69, 9.17) is 4.74 Å². The molecule has 0 aliphatic rings. The third-order valence-corrected chi connectivity index (χ3v) is 4.65. The lowest BCUT2D eigenvalue weighted by Gasteiger charge is -2.13. The Morgan fingerprint density at radius 2 is 1.90 bits per heavy atom. The van der Waals surface area contributed by atoms with Crippen molar-refractivity contribution < 1.29 is 4.74 Å². The van der Waals surface area contributed by atoms with Crippen molar-refractivity contribution in [1.82, 2.24) is 30.4 Å². The van der Waals surface area contributed by atoms with E-state index in [1.54, 1.807) is 19.6 Å². The number of benzene rings is 1. The molecule has 0 amide bonds. The minimum atomic E-state index is 0. The zero-order chi connectivity index (χ0) is 21.0. The molecule has 166 valence electrons. The molecule has 31 heavy (non-hydrogen) atoms. The molecule has 1 aromatic carbocycles. The molecule has 9 heteroatoms. The summed E-state index contributed by atoms with van der Waals surface area (Å²) in [6, 6.07) is 14.0. The average Bonchev–Trinajstić information content (AvgIpc) is 3.25. The SMILES string of the molecule is CCc1nncn1CCNC(=NCc1ccccn1)NCCc1ccc(OC)cc1.I. The summed E-state index contributed by atoms with van der Waals surface area (Å²) in [4.78, 5) is 9.03. The number of methoxy groups -OCH3 is 1. The van der Waals surface area contributed by atoms with Gasteiger partial charge in [-0.1, -0.05) is 25.1 Å². The zero-order valence-electron chi connectivity index (χ0n) is 18.0. The molecule has 0 aliphatic carbocycles. The summed E-state index contributed by atoms with van der Waals surface area (Å²) >= 11 is 0. The summed E-state index contributed by atoms with van der Waals surface area (Å²) in [5, 5.41) is 14.9. The van der Waals surface area contributed by atoms with Crippen LogP contribution in [-0.2, 0) is 25.9 Å². The van der Waals surface area contributed by atoms with Crippen LogP contribution in [-0.4, -0.2) is 45.9 Å². The van der Waals surface area contributed by atoms with E-state index in [-0.39, 0.29) is 24.0 Å². The number of aromatic nitrogens is 4. The first kappa shape index (κ1) is 24.6. The largest absolute Gasteiger partial charge is 0.497 e. The van der Waals surface area contributed by atoms with E-state index >= 15 is 0 Å². The van der Waals surface area contributed by atoms with Crippen LogP contribution in [0.1, 0.15) is 24.0 Å². The van der Waals surface area contributed by atoms with Gasteiger partial charge in [0.15, 0.2) is 5.96 Å². The number of hydrogen-bond donors (Lipinski definition) is 2. The second-order valence-electron chi connectivity index (χ2n) is 6.73. The Morgan fingerprint density at radius 1 is 1.10 bits per heavy atom. The summed E-state index contributed by atoms with van der Waals surface area (Å²) < 4.78 is 7.27. The lowest BCUT2D eigenvalue weighted by molar-refractivity contribution is 0.414. The van der Waals surface area contributed by atoms with Crippen molar-refractivity contribution in [1.29, 1.82) is 0 Å². The predicted octanol–water partition coefficient (Wildman–Crippen LogP) is 2.84. The van der Waals surface area contributed by atoms with Crippen LogP contribution >= 0.6 is 24.0 Å². The molecule has 0 radical (unpaired) electrons. The van der Waals surface area contributed by atoms with E-state index in [0.29, 0.717) is 6.54 Å². The first-order chi connectivity index (χ1) is 14.8. The summed E-state index contributed by atoms with van der Waals surface area (Å²) in [7, 11) is 1.68. The maximum Gasteiger partial charge on any atom is 0.191 e. The van der Waals surface area contributed by atoms with Crippen molar-refractivity contribution in [3.8, 4) is 5.75 Å². The molecule has 3 aromatic rings. The third kappa shape index (κ3) is 8.16. The maximum atomic E-state index is 5.22. The number of aryl methyl sites for hydroxylation is 1. The van der Waals surface area contributed by atoms with E-state index < -0.39 is 0 Å². The second kappa shape index (κ2) is 13.6. The van der Waals surface area contributed by atoms with Crippen molar-refractivity contribution in [2.45, 2.75) is 32.9 Å². The van der Waals surface area contributed by atoms with Crippen molar-refractivity contribution in [3.05, 3.63) is 72.1 Å². The topological polar surface area (TPSA) is 89.3 Å². The summed E-state index contributed by atoms with van der Waals surface area (Å²) in [6.45, 7) is 4.87. The first-order valence-electron chi connectivity index (χ1n) is 10.2. The Kier molecular flexibility index (Phi) is 10.8. The van der Waals surface area contributed by atoms with Crippen LogP contribution in [0.15, 0.2) is 60.0 Å². The van der Waals surface area contributed by atoms with Gasteiger partial charge in [-0.3, -0.25) is 4.98 Å². The molecule has 0 saturated carbocycles.